The second kappa shape index (κ2) is 3.18. The molecule has 1 aromatic heterocycles. The molecule has 0 aliphatic carbocycles. The van der Waals surface area contributed by atoms with Crippen LogP contribution in [-0.4, -0.2) is 16.4 Å². The first-order valence-electron chi connectivity index (χ1n) is 4.49. The second-order valence-electron chi connectivity index (χ2n) is 3.39. The molecule has 72 valence electrons. The molecule has 2 rings (SSSR count). The predicted octanol–water partition coefficient (Wildman–Crippen LogP) is 2.59. The van der Waals surface area contributed by atoms with Crippen LogP contribution in [0.2, 0.25) is 0 Å². The van der Waals surface area contributed by atoms with Gasteiger partial charge in [0.15, 0.2) is 0 Å². The number of aryl methyl sites for hydroxylation is 2. The van der Waals surface area contributed by atoms with E-state index in [0.717, 1.165) is 16.8 Å². The van der Waals surface area contributed by atoms with E-state index in [1.807, 2.05) is 19.1 Å². The predicted molar refractivity (Wildman–Crippen MR) is 57.2 cm³/mol. The topological polar surface area (TPSA) is 48.4 Å². The van der Waals surface area contributed by atoms with Crippen LogP contribution in [0.4, 0.5) is 0 Å². The van der Waals surface area contributed by atoms with Crippen LogP contribution < -0.4 is 0 Å². The Morgan fingerprint density at radius 1 is 1.36 bits per heavy atom. The lowest BCUT2D eigenvalue weighted by atomic mass is 10.1. The first-order valence-corrected chi connectivity index (χ1v) is 4.49. The van der Waals surface area contributed by atoms with E-state index < -0.39 is 0 Å². The van der Waals surface area contributed by atoms with Crippen LogP contribution in [-0.2, 0) is 0 Å². The Labute approximate surface area is 82.1 Å². The fourth-order valence-electron chi connectivity index (χ4n) is 1.68. The van der Waals surface area contributed by atoms with Crippen molar-refractivity contribution in [1.82, 2.24) is 4.98 Å². The van der Waals surface area contributed by atoms with Gasteiger partial charge in [-0.1, -0.05) is 23.4 Å². The maximum atomic E-state index is 8.51. The van der Waals surface area contributed by atoms with Gasteiger partial charge in [-0.3, -0.25) is 0 Å². The summed E-state index contributed by atoms with van der Waals surface area (Å²) in [6.45, 7) is 4.11. The van der Waals surface area contributed by atoms with E-state index >= 15 is 0 Å². The van der Waals surface area contributed by atoms with Crippen molar-refractivity contribution in [1.29, 1.82) is 0 Å². The molecule has 0 radical (unpaired) electrons. The van der Waals surface area contributed by atoms with E-state index in [1.165, 1.54) is 17.2 Å². The molecule has 0 amide bonds. The molecular formula is C11H12N2O. The smallest absolute Gasteiger partial charge is 0.0754 e. The van der Waals surface area contributed by atoms with Gasteiger partial charge in [-0.2, -0.15) is 0 Å². The van der Waals surface area contributed by atoms with Gasteiger partial charge in [-0.25, -0.2) is 0 Å². The number of aromatic nitrogens is 1. The maximum absolute atomic E-state index is 8.51. The van der Waals surface area contributed by atoms with E-state index in [0.29, 0.717) is 0 Å². The lowest BCUT2D eigenvalue weighted by Gasteiger charge is -1.95. The highest BCUT2D eigenvalue weighted by atomic mass is 16.4. The van der Waals surface area contributed by atoms with Crippen molar-refractivity contribution in [2.75, 3.05) is 0 Å². The molecule has 3 heteroatoms. The fraction of sp³-hybridized carbons (Fsp3) is 0.182. The van der Waals surface area contributed by atoms with Gasteiger partial charge < -0.3 is 10.2 Å². The zero-order chi connectivity index (χ0) is 10.1. The Morgan fingerprint density at radius 3 is 2.86 bits per heavy atom. The SMILES string of the molecule is Cc1[nH]c2c(/C=N/O)cccc2c1C. The second-order valence-corrected chi connectivity index (χ2v) is 3.39. The number of hydrogen-bond acceptors (Lipinski definition) is 2. The Kier molecular flexibility index (Phi) is 2.00. The molecule has 0 bridgehead atoms. The molecule has 0 saturated heterocycles. The Hall–Kier alpha value is -1.77. The summed E-state index contributed by atoms with van der Waals surface area (Å²) >= 11 is 0. The van der Waals surface area contributed by atoms with Crippen molar-refractivity contribution in [3.05, 3.63) is 35.0 Å². The van der Waals surface area contributed by atoms with Crippen LogP contribution in [0.3, 0.4) is 0 Å². The summed E-state index contributed by atoms with van der Waals surface area (Å²) in [5.41, 5.74) is 4.33. The van der Waals surface area contributed by atoms with Crippen molar-refractivity contribution < 1.29 is 5.21 Å². The van der Waals surface area contributed by atoms with Crippen molar-refractivity contribution in [3.8, 4) is 0 Å². The highest BCUT2D eigenvalue weighted by molar-refractivity contribution is 5.99. The van der Waals surface area contributed by atoms with Gasteiger partial charge >= 0.3 is 0 Å². The van der Waals surface area contributed by atoms with Gasteiger partial charge in [0, 0.05) is 16.6 Å². The zero-order valence-corrected chi connectivity index (χ0v) is 8.20. The third-order valence-corrected chi connectivity index (χ3v) is 2.57. The molecule has 1 heterocycles. The minimum Gasteiger partial charge on any atom is -0.411 e. The normalized spacial score (nSPS) is 11.6. The molecule has 0 fully saturated rings. The van der Waals surface area contributed by atoms with Gasteiger partial charge in [-0.15, -0.1) is 0 Å². The van der Waals surface area contributed by atoms with Crippen molar-refractivity contribution >= 4 is 17.1 Å². The van der Waals surface area contributed by atoms with E-state index in [2.05, 4.69) is 23.1 Å². The standard InChI is InChI=1S/C11H12N2O/c1-7-8(2)13-11-9(6-12-14)4-3-5-10(7)11/h3-6,13-14H,1-2H3/b12-6+. The minimum absolute atomic E-state index is 0.904. The van der Waals surface area contributed by atoms with Crippen LogP contribution in [0.15, 0.2) is 23.4 Å². The monoisotopic (exact) mass is 188 g/mol. The van der Waals surface area contributed by atoms with Crippen LogP contribution in [0, 0.1) is 13.8 Å². The number of H-pyrrole nitrogens is 1. The van der Waals surface area contributed by atoms with E-state index in [9.17, 15) is 0 Å². The van der Waals surface area contributed by atoms with Crippen molar-refractivity contribution in [2.24, 2.45) is 5.16 Å². The summed E-state index contributed by atoms with van der Waals surface area (Å²) in [4.78, 5) is 3.28. The Balaban J connectivity index is 2.81. The Morgan fingerprint density at radius 2 is 2.14 bits per heavy atom. The molecule has 0 aliphatic heterocycles. The Bertz CT molecular complexity index is 497. The number of rotatable bonds is 1. The fourth-order valence-corrected chi connectivity index (χ4v) is 1.68. The third kappa shape index (κ3) is 1.18. The largest absolute Gasteiger partial charge is 0.411 e. The number of nitrogens with one attached hydrogen (secondary N) is 1. The first-order chi connectivity index (χ1) is 6.74. The van der Waals surface area contributed by atoms with Gasteiger partial charge in [0.25, 0.3) is 0 Å². The van der Waals surface area contributed by atoms with Crippen molar-refractivity contribution in [3.63, 3.8) is 0 Å². The lowest BCUT2D eigenvalue weighted by Crippen LogP contribution is -1.82. The summed E-state index contributed by atoms with van der Waals surface area (Å²) < 4.78 is 0. The number of fused-ring (bicyclic) bond motifs is 1. The van der Waals surface area contributed by atoms with Gasteiger partial charge in [-0.05, 0) is 19.4 Å². The average molecular weight is 188 g/mol. The van der Waals surface area contributed by atoms with Crippen LogP contribution in [0.25, 0.3) is 10.9 Å². The van der Waals surface area contributed by atoms with E-state index in [-0.39, 0.29) is 0 Å². The van der Waals surface area contributed by atoms with E-state index in [1.54, 1.807) is 0 Å². The minimum atomic E-state index is 0.904. The molecule has 1 aromatic carbocycles. The lowest BCUT2D eigenvalue weighted by molar-refractivity contribution is 0.322. The molecular weight excluding hydrogens is 176 g/mol. The molecule has 0 spiro atoms. The number of aromatic amines is 1. The molecule has 0 atom stereocenters. The molecule has 3 nitrogen and oxygen atoms in total. The van der Waals surface area contributed by atoms with Crippen LogP contribution in [0.1, 0.15) is 16.8 Å². The van der Waals surface area contributed by atoms with Gasteiger partial charge in [0.2, 0.25) is 0 Å². The summed E-state index contributed by atoms with van der Waals surface area (Å²) in [5, 5.41) is 12.7. The maximum Gasteiger partial charge on any atom is 0.0754 e. The molecule has 0 aliphatic rings. The number of hydrogen-bond donors (Lipinski definition) is 2. The zero-order valence-electron chi connectivity index (χ0n) is 8.20. The van der Waals surface area contributed by atoms with Crippen LogP contribution >= 0.6 is 0 Å². The summed E-state index contributed by atoms with van der Waals surface area (Å²) in [6, 6.07) is 5.93. The average Bonchev–Trinajstić information content (AvgIpc) is 2.46. The third-order valence-electron chi connectivity index (χ3n) is 2.57. The first kappa shape index (κ1) is 8.81. The summed E-state index contributed by atoms with van der Waals surface area (Å²) in [7, 11) is 0. The van der Waals surface area contributed by atoms with Gasteiger partial charge in [0.05, 0.1) is 11.7 Å². The number of benzene rings is 1. The molecule has 2 aromatic rings. The number of nitrogens with zero attached hydrogens (tertiary/aromatic N) is 1. The number of para-hydroxylation sites is 1. The highest BCUT2D eigenvalue weighted by Gasteiger charge is 2.05. The quantitative estimate of drug-likeness (QED) is 0.403. The summed E-state index contributed by atoms with van der Waals surface area (Å²) in [5.74, 6) is 0. The van der Waals surface area contributed by atoms with Gasteiger partial charge in [0.1, 0.15) is 0 Å². The highest BCUT2D eigenvalue weighted by Crippen LogP contribution is 2.23. The van der Waals surface area contributed by atoms with Crippen LogP contribution in [0.5, 0.6) is 0 Å². The van der Waals surface area contributed by atoms with E-state index in [4.69, 9.17) is 5.21 Å². The summed E-state index contributed by atoms with van der Waals surface area (Å²) in [6.07, 6.45) is 1.44. The molecule has 14 heavy (non-hydrogen) atoms. The molecule has 0 saturated carbocycles. The number of oxime groups is 1. The molecule has 0 unspecified atom stereocenters. The van der Waals surface area contributed by atoms with Crippen molar-refractivity contribution in [2.45, 2.75) is 13.8 Å². The molecule has 2 N–H and O–H groups in total.